The second-order valence-corrected chi connectivity index (χ2v) is 9.73. The van der Waals surface area contributed by atoms with Crippen LogP contribution in [0.3, 0.4) is 0 Å². The van der Waals surface area contributed by atoms with Gasteiger partial charge in [0, 0.05) is 12.1 Å². The molecule has 2 aliphatic heterocycles. The van der Waals surface area contributed by atoms with Gasteiger partial charge < -0.3 is 14.6 Å². The molecule has 2 aromatic carbocycles. The Morgan fingerprint density at radius 3 is 2.62 bits per heavy atom. The van der Waals surface area contributed by atoms with E-state index in [1.807, 2.05) is 12.1 Å². The first-order chi connectivity index (χ1) is 13.5. The van der Waals surface area contributed by atoms with Crippen molar-refractivity contribution in [2.24, 2.45) is 0 Å². The smallest absolute Gasteiger partial charge is 0.153 e. The normalized spacial score (nSPS) is 22.6. The second-order valence-electron chi connectivity index (χ2n) is 8.10. The van der Waals surface area contributed by atoms with Crippen LogP contribution in [0.1, 0.15) is 50.3 Å². The number of aliphatic hydroxyl groups is 1. The predicted octanol–water partition coefficient (Wildman–Crippen LogP) is 5.43. The molecule has 4 rings (SSSR count). The Hall–Kier alpha value is -1.40. The Morgan fingerprint density at radius 1 is 1.17 bits per heavy atom. The molecule has 158 valence electrons. The summed E-state index contributed by atoms with van der Waals surface area (Å²) < 4.78 is 11.2. The molecule has 0 spiro atoms. The maximum atomic E-state index is 10.1. The summed E-state index contributed by atoms with van der Waals surface area (Å²) in [4.78, 5) is 3.27. The van der Waals surface area contributed by atoms with Crippen LogP contribution in [-0.4, -0.2) is 34.8 Å². The molecule has 2 heterocycles. The van der Waals surface area contributed by atoms with E-state index in [2.05, 4.69) is 49.1 Å². The molecule has 2 aromatic rings. The maximum Gasteiger partial charge on any atom is 0.153 e. The first-order valence-electron chi connectivity index (χ1n) is 10.0. The van der Waals surface area contributed by atoms with Crippen molar-refractivity contribution in [1.82, 2.24) is 4.90 Å². The fourth-order valence-corrected chi connectivity index (χ4v) is 5.46. The van der Waals surface area contributed by atoms with Crippen LogP contribution >= 0.6 is 24.2 Å². The van der Waals surface area contributed by atoms with Gasteiger partial charge in [0.15, 0.2) is 4.93 Å². The first kappa shape index (κ1) is 22.3. The summed E-state index contributed by atoms with van der Waals surface area (Å²) in [5.41, 5.74) is 2.60. The zero-order chi connectivity index (χ0) is 19.7. The highest BCUT2D eigenvalue weighted by atomic mass is 35.5. The zero-order valence-electron chi connectivity index (χ0n) is 17.3. The van der Waals surface area contributed by atoms with Gasteiger partial charge in [-0.25, -0.2) is 0 Å². The van der Waals surface area contributed by atoms with Crippen molar-refractivity contribution in [1.29, 1.82) is 0 Å². The lowest BCUT2D eigenvalue weighted by molar-refractivity contribution is 0.0596. The van der Waals surface area contributed by atoms with E-state index in [1.54, 1.807) is 18.9 Å². The van der Waals surface area contributed by atoms with Crippen molar-refractivity contribution in [3.63, 3.8) is 0 Å². The molecular weight excluding hydrogens is 406 g/mol. The Labute approximate surface area is 184 Å². The molecule has 0 radical (unpaired) electrons. The number of rotatable bonds is 6. The number of halogens is 1. The molecule has 0 bridgehead atoms. The minimum Gasteiger partial charge on any atom is -0.497 e. The lowest BCUT2D eigenvalue weighted by Gasteiger charge is -2.28. The van der Waals surface area contributed by atoms with E-state index in [0.717, 1.165) is 37.2 Å². The van der Waals surface area contributed by atoms with Crippen LogP contribution < -0.4 is 9.47 Å². The van der Waals surface area contributed by atoms with Crippen molar-refractivity contribution in [3.8, 4) is 11.5 Å². The maximum absolute atomic E-state index is 10.1. The number of thioether (sulfide) groups is 1. The van der Waals surface area contributed by atoms with Crippen LogP contribution in [0.15, 0.2) is 47.4 Å². The van der Waals surface area contributed by atoms with Gasteiger partial charge in [0.1, 0.15) is 11.5 Å². The van der Waals surface area contributed by atoms with E-state index in [-0.39, 0.29) is 30.1 Å². The number of nitrogens with zero attached hydrogens (tertiary/aromatic N) is 1. The van der Waals surface area contributed by atoms with Gasteiger partial charge >= 0.3 is 0 Å². The number of likely N-dealkylation sites (tertiary alicyclic amines) is 1. The SMILES string of the molecule is COc1ccc(CCC2CCC(c3ccc4c(c3)SC(C)(C)O4)N2CO)cc1.Cl. The number of aliphatic hydroxyl groups excluding tert-OH is 1. The van der Waals surface area contributed by atoms with E-state index in [9.17, 15) is 5.11 Å². The standard InChI is InChI=1S/C23H29NO3S.ClH/c1-23(2)27-21-13-7-17(14-22(21)28-23)20-12-9-18(24(20)15-25)8-4-16-5-10-19(26-3)11-6-16;/h5-7,10-11,13-14,18,20,25H,4,8-9,12,15H2,1-3H3;1H. The molecule has 2 unspecified atom stereocenters. The average Bonchev–Trinajstić information content (AvgIpc) is 3.24. The van der Waals surface area contributed by atoms with E-state index in [1.165, 1.54) is 16.0 Å². The van der Waals surface area contributed by atoms with Crippen LogP contribution in [0.2, 0.25) is 0 Å². The molecule has 1 saturated heterocycles. The van der Waals surface area contributed by atoms with Gasteiger partial charge in [-0.2, -0.15) is 0 Å². The monoisotopic (exact) mass is 435 g/mol. The van der Waals surface area contributed by atoms with Crippen LogP contribution in [-0.2, 0) is 6.42 Å². The summed E-state index contributed by atoms with van der Waals surface area (Å²) in [7, 11) is 1.69. The number of benzene rings is 2. The predicted molar refractivity (Wildman–Crippen MR) is 120 cm³/mol. The van der Waals surface area contributed by atoms with Crippen molar-refractivity contribution in [2.45, 2.75) is 61.4 Å². The van der Waals surface area contributed by atoms with Crippen LogP contribution in [0.5, 0.6) is 11.5 Å². The number of fused-ring (bicyclic) bond motifs is 1. The molecule has 2 atom stereocenters. The second kappa shape index (κ2) is 9.17. The van der Waals surface area contributed by atoms with Gasteiger partial charge in [-0.3, -0.25) is 4.90 Å². The molecule has 0 saturated carbocycles. The third kappa shape index (κ3) is 4.85. The molecule has 2 aliphatic rings. The summed E-state index contributed by atoms with van der Waals surface area (Å²) in [5.74, 6) is 1.87. The van der Waals surface area contributed by atoms with Crippen molar-refractivity contribution in [2.75, 3.05) is 13.8 Å². The summed E-state index contributed by atoms with van der Waals surface area (Å²) in [5, 5.41) is 10.1. The fourth-order valence-electron chi connectivity index (χ4n) is 4.39. The quantitative estimate of drug-likeness (QED) is 0.655. The molecular formula is C23H30ClNO3S. The highest BCUT2D eigenvalue weighted by molar-refractivity contribution is 8.00. The topological polar surface area (TPSA) is 41.9 Å². The minimum atomic E-state index is -0.200. The van der Waals surface area contributed by atoms with Gasteiger partial charge in [0.05, 0.1) is 18.7 Å². The molecule has 4 nitrogen and oxygen atoms in total. The Balaban J connectivity index is 0.00000240. The van der Waals surface area contributed by atoms with Gasteiger partial charge in [-0.05, 0) is 74.9 Å². The van der Waals surface area contributed by atoms with Gasteiger partial charge in [-0.1, -0.05) is 30.0 Å². The Kier molecular flexibility index (Phi) is 7.05. The van der Waals surface area contributed by atoms with Crippen molar-refractivity contribution < 1.29 is 14.6 Å². The number of aryl methyl sites for hydroxylation is 1. The van der Waals surface area contributed by atoms with E-state index >= 15 is 0 Å². The average molecular weight is 436 g/mol. The largest absolute Gasteiger partial charge is 0.497 e. The third-order valence-corrected chi connectivity index (χ3v) is 6.91. The molecule has 0 aromatic heterocycles. The van der Waals surface area contributed by atoms with E-state index in [0.29, 0.717) is 6.04 Å². The van der Waals surface area contributed by atoms with Crippen LogP contribution in [0, 0.1) is 0 Å². The fraction of sp³-hybridized carbons (Fsp3) is 0.478. The summed E-state index contributed by atoms with van der Waals surface area (Å²) in [6.45, 7) is 4.30. The molecule has 0 amide bonds. The number of hydrogen-bond acceptors (Lipinski definition) is 5. The highest BCUT2D eigenvalue weighted by Gasteiger charge is 2.36. The van der Waals surface area contributed by atoms with Crippen LogP contribution in [0.25, 0.3) is 0 Å². The van der Waals surface area contributed by atoms with Gasteiger partial charge in [-0.15, -0.1) is 12.4 Å². The lowest BCUT2D eigenvalue weighted by Crippen LogP contribution is -2.32. The molecule has 1 fully saturated rings. The van der Waals surface area contributed by atoms with Gasteiger partial charge in [0.25, 0.3) is 0 Å². The molecule has 6 heteroatoms. The Bertz CT molecular complexity index is 827. The van der Waals surface area contributed by atoms with Crippen molar-refractivity contribution in [3.05, 3.63) is 53.6 Å². The molecule has 0 aliphatic carbocycles. The lowest BCUT2D eigenvalue weighted by atomic mass is 10.0. The molecule has 1 N–H and O–H groups in total. The van der Waals surface area contributed by atoms with E-state index in [4.69, 9.17) is 9.47 Å². The number of hydrogen-bond donors (Lipinski definition) is 1. The van der Waals surface area contributed by atoms with Crippen LogP contribution in [0.4, 0.5) is 0 Å². The number of methoxy groups -OCH3 is 1. The molecule has 29 heavy (non-hydrogen) atoms. The van der Waals surface area contributed by atoms with Gasteiger partial charge in [0.2, 0.25) is 0 Å². The van der Waals surface area contributed by atoms with Crippen molar-refractivity contribution >= 4 is 24.2 Å². The first-order valence-corrected chi connectivity index (χ1v) is 10.8. The number of ether oxygens (including phenoxy) is 2. The van der Waals surface area contributed by atoms with E-state index < -0.39 is 0 Å². The third-order valence-electron chi connectivity index (χ3n) is 5.80. The zero-order valence-corrected chi connectivity index (χ0v) is 18.9. The Morgan fingerprint density at radius 2 is 1.93 bits per heavy atom. The summed E-state index contributed by atoms with van der Waals surface area (Å²) in [6, 6.07) is 15.5. The highest BCUT2D eigenvalue weighted by Crippen LogP contribution is 2.49. The summed E-state index contributed by atoms with van der Waals surface area (Å²) in [6.07, 6.45) is 4.27. The summed E-state index contributed by atoms with van der Waals surface area (Å²) >= 11 is 1.77. The minimum absolute atomic E-state index is 0.